The lowest BCUT2D eigenvalue weighted by atomic mass is 9.99. The van der Waals surface area contributed by atoms with E-state index in [4.69, 9.17) is 9.15 Å². The second-order valence-electron chi connectivity index (χ2n) is 8.68. The molecule has 0 saturated carbocycles. The van der Waals surface area contributed by atoms with Crippen LogP contribution in [0.25, 0.3) is 0 Å². The van der Waals surface area contributed by atoms with Crippen LogP contribution in [0, 0.1) is 5.92 Å². The largest absolute Gasteiger partial charge is 0.486 e. The maximum atomic E-state index is 12.5. The highest BCUT2D eigenvalue weighted by Gasteiger charge is 2.25. The molecule has 0 radical (unpaired) electrons. The summed E-state index contributed by atoms with van der Waals surface area (Å²) in [5, 5.41) is 0. The standard InChI is InChI=1S/C23H28N2O6S/c1-16(26)18-3-4-19-11-24(12-20(19)9-18)13-21-10-22(27)23(15-30-21)31-14-17-5-7-25(8-6-17)32(2,28)29/h3-4,9-10,15,17H,5-8,11-14H2,1-2H3. The molecule has 8 nitrogen and oxygen atoms in total. The van der Waals surface area contributed by atoms with Crippen LogP contribution in [0.1, 0.15) is 47.0 Å². The van der Waals surface area contributed by atoms with E-state index in [0.717, 1.165) is 12.1 Å². The first-order valence-corrected chi connectivity index (χ1v) is 12.6. The van der Waals surface area contributed by atoms with Gasteiger partial charge in [-0.05, 0) is 42.9 Å². The fourth-order valence-electron chi connectivity index (χ4n) is 4.26. The van der Waals surface area contributed by atoms with Gasteiger partial charge >= 0.3 is 0 Å². The zero-order valence-electron chi connectivity index (χ0n) is 18.4. The SMILES string of the molecule is CC(=O)c1ccc2c(c1)CN(Cc1cc(=O)c(OCC3CCN(S(C)(=O)=O)CC3)co1)C2. The van der Waals surface area contributed by atoms with Crippen LogP contribution >= 0.6 is 0 Å². The van der Waals surface area contributed by atoms with Crippen LogP contribution in [0.15, 0.2) is 39.7 Å². The molecule has 0 N–H and O–H groups in total. The summed E-state index contributed by atoms with van der Waals surface area (Å²) in [6, 6.07) is 7.23. The smallest absolute Gasteiger partial charge is 0.227 e. The van der Waals surface area contributed by atoms with Crippen molar-refractivity contribution in [3.63, 3.8) is 0 Å². The Morgan fingerprint density at radius 1 is 1.16 bits per heavy atom. The van der Waals surface area contributed by atoms with E-state index in [9.17, 15) is 18.0 Å². The summed E-state index contributed by atoms with van der Waals surface area (Å²) in [4.78, 5) is 26.2. The van der Waals surface area contributed by atoms with Gasteiger partial charge in [0.15, 0.2) is 5.78 Å². The van der Waals surface area contributed by atoms with Gasteiger partial charge in [0.1, 0.15) is 12.0 Å². The summed E-state index contributed by atoms with van der Waals surface area (Å²) in [6.07, 6.45) is 4.00. The molecule has 0 unspecified atom stereocenters. The molecule has 0 amide bonds. The van der Waals surface area contributed by atoms with Crippen molar-refractivity contribution in [2.24, 2.45) is 5.92 Å². The number of Topliss-reactive ketones (excluding diaryl/α,β-unsaturated/α-hetero) is 1. The Balaban J connectivity index is 1.30. The first kappa shape index (κ1) is 22.7. The normalized spacial score (nSPS) is 17.9. The van der Waals surface area contributed by atoms with E-state index >= 15 is 0 Å². The molecule has 1 saturated heterocycles. The highest BCUT2D eigenvalue weighted by atomic mass is 32.2. The van der Waals surface area contributed by atoms with Crippen LogP contribution < -0.4 is 10.2 Å². The average Bonchev–Trinajstić information content (AvgIpc) is 3.14. The molecule has 3 heterocycles. The van der Waals surface area contributed by atoms with Crippen molar-refractivity contribution >= 4 is 15.8 Å². The molecule has 0 spiro atoms. The molecule has 0 bridgehead atoms. The van der Waals surface area contributed by atoms with Gasteiger partial charge in [-0.1, -0.05) is 12.1 Å². The van der Waals surface area contributed by atoms with Crippen molar-refractivity contribution < 1.29 is 22.4 Å². The van der Waals surface area contributed by atoms with Gasteiger partial charge in [-0.2, -0.15) is 0 Å². The van der Waals surface area contributed by atoms with Crippen LogP contribution in [-0.2, 0) is 29.7 Å². The number of carbonyl (C=O) groups excluding carboxylic acids is 1. The molecule has 2 aromatic rings. The van der Waals surface area contributed by atoms with Crippen LogP contribution in [0.4, 0.5) is 0 Å². The Morgan fingerprint density at radius 3 is 2.53 bits per heavy atom. The third kappa shape index (κ3) is 5.28. The van der Waals surface area contributed by atoms with Crippen molar-refractivity contribution in [1.82, 2.24) is 9.21 Å². The van der Waals surface area contributed by atoms with Crippen molar-refractivity contribution in [3.8, 4) is 5.75 Å². The van der Waals surface area contributed by atoms with Crippen molar-refractivity contribution in [2.75, 3.05) is 26.0 Å². The molecule has 172 valence electrons. The molecule has 1 fully saturated rings. The number of rotatable bonds is 7. The second-order valence-corrected chi connectivity index (χ2v) is 10.7. The zero-order chi connectivity index (χ0) is 22.9. The summed E-state index contributed by atoms with van der Waals surface area (Å²) >= 11 is 0. The van der Waals surface area contributed by atoms with Gasteiger partial charge in [-0.25, -0.2) is 12.7 Å². The second kappa shape index (κ2) is 9.17. The minimum absolute atomic E-state index is 0.0498. The molecule has 4 rings (SSSR count). The van der Waals surface area contributed by atoms with E-state index < -0.39 is 10.0 Å². The molecule has 9 heteroatoms. The number of hydrogen-bond donors (Lipinski definition) is 0. The van der Waals surface area contributed by atoms with Gasteiger partial charge in [-0.15, -0.1) is 0 Å². The molecule has 1 aromatic carbocycles. The fourth-order valence-corrected chi connectivity index (χ4v) is 5.13. The number of ketones is 1. The Labute approximate surface area is 187 Å². The number of piperidine rings is 1. The Bertz CT molecular complexity index is 1170. The number of fused-ring (bicyclic) bond motifs is 1. The summed E-state index contributed by atoms with van der Waals surface area (Å²) in [7, 11) is -3.15. The third-order valence-electron chi connectivity index (χ3n) is 6.15. The highest BCUT2D eigenvalue weighted by Crippen LogP contribution is 2.26. The monoisotopic (exact) mass is 460 g/mol. The average molecular weight is 461 g/mol. The van der Waals surface area contributed by atoms with Crippen molar-refractivity contribution in [2.45, 2.75) is 39.4 Å². The molecule has 1 aromatic heterocycles. The predicted molar refractivity (Wildman–Crippen MR) is 119 cm³/mol. The topological polar surface area (TPSA) is 97.1 Å². The molecule has 32 heavy (non-hydrogen) atoms. The lowest BCUT2D eigenvalue weighted by molar-refractivity contribution is 0.101. The van der Waals surface area contributed by atoms with Crippen molar-refractivity contribution in [3.05, 3.63) is 63.2 Å². The maximum absolute atomic E-state index is 12.5. The fraction of sp³-hybridized carbons (Fsp3) is 0.478. The van der Waals surface area contributed by atoms with E-state index in [-0.39, 0.29) is 22.9 Å². The lowest BCUT2D eigenvalue weighted by Crippen LogP contribution is -2.39. The number of ether oxygens (including phenoxy) is 1. The van der Waals surface area contributed by atoms with Gasteiger partial charge < -0.3 is 9.15 Å². The van der Waals surface area contributed by atoms with Gasteiger partial charge in [0, 0.05) is 37.8 Å². The zero-order valence-corrected chi connectivity index (χ0v) is 19.2. The van der Waals surface area contributed by atoms with E-state index in [1.807, 2.05) is 18.2 Å². The first-order chi connectivity index (χ1) is 15.2. The molecular weight excluding hydrogens is 432 g/mol. The third-order valence-corrected chi connectivity index (χ3v) is 7.45. The predicted octanol–water partition coefficient (Wildman–Crippen LogP) is 2.41. The van der Waals surface area contributed by atoms with Gasteiger partial charge in [0.25, 0.3) is 0 Å². The summed E-state index contributed by atoms with van der Waals surface area (Å²) < 4.78 is 36.0. The molecule has 0 aliphatic carbocycles. The molecule has 0 atom stereocenters. The first-order valence-electron chi connectivity index (χ1n) is 10.7. The highest BCUT2D eigenvalue weighted by molar-refractivity contribution is 7.88. The van der Waals surface area contributed by atoms with Crippen LogP contribution in [0.2, 0.25) is 0 Å². The number of benzene rings is 1. The Morgan fingerprint density at radius 2 is 1.88 bits per heavy atom. The summed E-state index contributed by atoms with van der Waals surface area (Å²) in [5.74, 6) is 0.988. The maximum Gasteiger partial charge on any atom is 0.227 e. The van der Waals surface area contributed by atoms with Gasteiger partial charge in [-0.3, -0.25) is 14.5 Å². The van der Waals surface area contributed by atoms with Crippen LogP contribution in [0.5, 0.6) is 5.75 Å². The van der Waals surface area contributed by atoms with E-state index in [1.54, 1.807) is 6.92 Å². The number of carbonyl (C=O) groups is 1. The molecule has 2 aliphatic rings. The lowest BCUT2D eigenvalue weighted by Gasteiger charge is -2.29. The Kier molecular flexibility index (Phi) is 6.50. The Hall–Kier alpha value is -2.49. The summed E-state index contributed by atoms with van der Waals surface area (Å²) in [6.45, 7) is 4.81. The summed E-state index contributed by atoms with van der Waals surface area (Å²) in [5.41, 5.74) is 2.79. The minimum atomic E-state index is -3.15. The number of sulfonamides is 1. The number of hydrogen-bond acceptors (Lipinski definition) is 7. The van der Waals surface area contributed by atoms with E-state index in [1.165, 1.54) is 28.5 Å². The van der Waals surface area contributed by atoms with Gasteiger partial charge in [0.2, 0.25) is 21.2 Å². The van der Waals surface area contributed by atoms with E-state index in [2.05, 4.69) is 4.90 Å². The van der Waals surface area contributed by atoms with E-state index in [0.29, 0.717) is 57.0 Å². The van der Waals surface area contributed by atoms with Gasteiger partial charge in [0.05, 0.1) is 19.4 Å². The molecule has 2 aliphatic heterocycles. The van der Waals surface area contributed by atoms with Crippen LogP contribution in [0.3, 0.4) is 0 Å². The molecular formula is C23H28N2O6S. The number of nitrogens with zero attached hydrogens (tertiary/aromatic N) is 2. The van der Waals surface area contributed by atoms with Crippen LogP contribution in [-0.4, -0.2) is 49.4 Å². The quantitative estimate of drug-likeness (QED) is 0.585. The van der Waals surface area contributed by atoms with Crippen molar-refractivity contribution in [1.29, 1.82) is 0 Å². The minimum Gasteiger partial charge on any atom is -0.486 e.